The van der Waals surface area contributed by atoms with Gasteiger partial charge in [-0.3, -0.25) is 0 Å². The molecule has 110 valence electrons. The molecule has 1 aliphatic rings. The molecule has 0 aliphatic heterocycles. The SMILES string of the molecule is Cc1ccccc1[C@H](C)NC1CC(c2cccc(Br)c2)C1. The van der Waals surface area contributed by atoms with Crippen LogP contribution in [0.25, 0.3) is 0 Å². The first kappa shape index (κ1) is 14.8. The van der Waals surface area contributed by atoms with E-state index >= 15 is 0 Å². The summed E-state index contributed by atoms with van der Waals surface area (Å²) in [5.74, 6) is 0.712. The zero-order valence-electron chi connectivity index (χ0n) is 12.6. The molecule has 1 N–H and O–H groups in total. The van der Waals surface area contributed by atoms with Crippen molar-refractivity contribution >= 4 is 15.9 Å². The number of hydrogen-bond acceptors (Lipinski definition) is 1. The maximum Gasteiger partial charge on any atom is 0.0296 e. The molecule has 0 saturated heterocycles. The van der Waals surface area contributed by atoms with E-state index in [1.165, 1.54) is 34.0 Å². The summed E-state index contributed by atoms with van der Waals surface area (Å²) in [6, 6.07) is 18.5. The molecule has 21 heavy (non-hydrogen) atoms. The third-order valence-corrected chi connectivity index (χ3v) is 5.09. The van der Waals surface area contributed by atoms with Gasteiger partial charge in [-0.05, 0) is 61.4 Å². The Bertz CT molecular complexity index is 616. The van der Waals surface area contributed by atoms with Gasteiger partial charge in [0, 0.05) is 16.6 Å². The normalized spacial score (nSPS) is 22.6. The lowest BCUT2D eigenvalue weighted by atomic mass is 9.75. The fourth-order valence-electron chi connectivity index (χ4n) is 3.30. The van der Waals surface area contributed by atoms with Gasteiger partial charge in [0.2, 0.25) is 0 Å². The predicted octanol–water partition coefficient (Wildman–Crippen LogP) is 5.35. The van der Waals surface area contributed by atoms with Crippen molar-refractivity contribution in [3.8, 4) is 0 Å². The summed E-state index contributed by atoms with van der Waals surface area (Å²) in [5, 5.41) is 3.78. The minimum absolute atomic E-state index is 0.430. The van der Waals surface area contributed by atoms with Gasteiger partial charge in [0.1, 0.15) is 0 Å². The molecule has 0 unspecified atom stereocenters. The van der Waals surface area contributed by atoms with Gasteiger partial charge >= 0.3 is 0 Å². The largest absolute Gasteiger partial charge is 0.307 e. The highest BCUT2D eigenvalue weighted by atomic mass is 79.9. The van der Waals surface area contributed by atoms with Gasteiger partial charge in [-0.1, -0.05) is 52.3 Å². The molecule has 2 aromatic carbocycles. The van der Waals surface area contributed by atoms with Gasteiger partial charge in [-0.2, -0.15) is 0 Å². The predicted molar refractivity (Wildman–Crippen MR) is 92.6 cm³/mol. The number of nitrogens with one attached hydrogen (secondary N) is 1. The van der Waals surface area contributed by atoms with Crippen LogP contribution in [0.5, 0.6) is 0 Å². The molecule has 0 spiro atoms. The van der Waals surface area contributed by atoms with Crippen LogP contribution in [0.3, 0.4) is 0 Å². The van der Waals surface area contributed by atoms with E-state index in [-0.39, 0.29) is 0 Å². The van der Waals surface area contributed by atoms with E-state index < -0.39 is 0 Å². The molecule has 0 radical (unpaired) electrons. The van der Waals surface area contributed by atoms with Gasteiger partial charge in [0.05, 0.1) is 0 Å². The van der Waals surface area contributed by atoms with Crippen LogP contribution in [0.2, 0.25) is 0 Å². The second-order valence-corrected chi connectivity index (χ2v) is 7.08. The molecule has 2 aromatic rings. The molecular formula is C19H22BrN. The molecule has 1 saturated carbocycles. The number of aryl methyl sites for hydroxylation is 1. The van der Waals surface area contributed by atoms with E-state index in [0.717, 1.165) is 0 Å². The van der Waals surface area contributed by atoms with Gasteiger partial charge in [0.25, 0.3) is 0 Å². The summed E-state index contributed by atoms with van der Waals surface area (Å²) in [7, 11) is 0. The van der Waals surface area contributed by atoms with Crippen molar-refractivity contribution in [2.24, 2.45) is 0 Å². The van der Waals surface area contributed by atoms with Crippen LogP contribution in [0.4, 0.5) is 0 Å². The quantitative estimate of drug-likeness (QED) is 0.788. The molecule has 2 heteroatoms. The monoisotopic (exact) mass is 343 g/mol. The Kier molecular flexibility index (Phi) is 4.46. The molecule has 1 atom stereocenters. The number of rotatable bonds is 4. The summed E-state index contributed by atoms with van der Waals surface area (Å²) >= 11 is 3.56. The Morgan fingerprint density at radius 1 is 1.10 bits per heavy atom. The van der Waals surface area contributed by atoms with E-state index in [4.69, 9.17) is 0 Å². The van der Waals surface area contributed by atoms with Crippen molar-refractivity contribution in [3.63, 3.8) is 0 Å². The minimum atomic E-state index is 0.430. The second kappa shape index (κ2) is 6.33. The van der Waals surface area contributed by atoms with Crippen LogP contribution in [-0.2, 0) is 0 Å². The van der Waals surface area contributed by atoms with Crippen LogP contribution >= 0.6 is 15.9 Å². The first-order valence-corrected chi connectivity index (χ1v) is 8.50. The van der Waals surface area contributed by atoms with Crippen LogP contribution in [0.15, 0.2) is 53.0 Å². The zero-order chi connectivity index (χ0) is 14.8. The molecule has 1 fully saturated rings. The number of benzene rings is 2. The average molecular weight is 344 g/mol. The molecular weight excluding hydrogens is 322 g/mol. The standard InChI is InChI=1S/C19H22BrN/c1-13-6-3-4-9-19(13)14(2)21-18-11-16(12-18)15-7-5-8-17(20)10-15/h3-10,14,16,18,21H,11-12H2,1-2H3/t14-,16?,18?/m0/s1. The van der Waals surface area contributed by atoms with Crippen molar-refractivity contribution in [2.75, 3.05) is 0 Å². The van der Waals surface area contributed by atoms with Gasteiger partial charge in [-0.15, -0.1) is 0 Å². The second-order valence-electron chi connectivity index (χ2n) is 6.17. The van der Waals surface area contributed by atoms with Gasteiger partial charge in [-0.25, -0.2) is 0 Å². The zero-order valence-corrected chi connectivity index (χ0v) is 14.2. The van der Waals surface area contributed by atoms with Crippen molar-refractivity contribution in [1.29, 1.82) is 0 Å². The van der Waals surface area contributed by atoms with E-state index in [1.54, 1.807) is 0 Å². The van der Waals surface area contributed by atoms with E-state index in [2.05, 4.69) is 83.6 Å². The number of hydrogen-bond donors (Lipinski definition) is 1. The molecule has 0 amide bonds. The summed E-state index contributed by atoms with van der Waals surface area (Å²) in [4.78, 5) is 0. The molecule has 1 nitrogen and oxygen atoms in total. The average Bonchev–Trinajstić information content (AvgIpc) is 2.42. The Labute approximate surface area is 135 Å². The van der Waals surface area contributed by atoms with Gasteiger partial charge in [0.15, 0.2) is 0 Å². The molecule has 0 bridgehead atoms. The molecule has 3 rings (SSSR count). The Hall–Kier alpha value is -1.12. The molecule has 0 heterocycles. The molecule has 1 aliphatic carbocycles. The maximum atomic E-state index is 3.78. The van der Waals surface area contributed by atoms with Gasteiger partial charge < -0.3 is 5.32 Å². The van der Waals surface area contributed by atoms with Crippen LogP contribution in [-0.4, -0.2) is 6.04 Å². The molecule has 0 aromatic heterocycles. The van der Waals surface area contributed by atoms with Crippen LogP contribution < -0.4 is 5.32 Å². The van der Waals surface area contributed by atoms with Crippen molar-refractivity contribution in [2.45, 2.75) is 44.7 Å². The number of halogens is 1. The van der Waals surface area contributed by atoms with Crippen LogP contribution in [0.1, 0.15) is 48.4 Å². The summed E-state index contributed by atoms with van der Waals surface area (Å²) in [6.07, 6.45) is 2.49. The lowest BCUT2D eigenvalue weighted by Crippen LogP contribution is -2.41. The third-order valence-electron chi connectivity index (χ3n) is 4.60. The fourth-order valence-corrected chi connectivity index (χ4v) is 3.72. The lowest BCUT2D eigenvalue weighted by Gasteiger charge is -2.38. The first-order chi connectivity index (χ1) is 10.1. The van der Waals surface area contributed by atoms with Crippen LogP contribution in [0, 0.1) is 6.92 Å². The maximum absolute atomic E-state index is 3.78. The minimum Gasteiger partial charge on any atom is -0.307 e. The van der Waals surface area contributed by atoms with Crippen molar-refractivity contribution in [3.05, 3.63) is 69.7 Å². The lowest BCUT2D eigenvalue weighted by molar-refractivity contribution is 0.270. The Balaban J connectivity index is 1.56. The summed E-state index contributed by atoms with van der Waals surface area (Å²) < 4.78 is 1.18. The smallest absolute Gasteiger partial charge is 0.0296 e. The van der Waals surface area contributed by atoms with E-state index in [0.29, 0.717) is 18.0 Å². The highest BCUT2D eigenvalue weighted by molar-refractivity contribution is 9.10. The first-order valence-electron chi connectivity index (χ1n) is 7.70. The van der Waals surface area contributed by atoms with Crippen molar-refractivity contribution < 1.29 is 0 Å². The van der Waals surface area contributed by atoms with Crippen molar-refractivity contribution in [1.82, 2.24) is 5.32 Å². The highest BCUT2D eigenvalue weighted by Crippen LogP contribution is 2.38. The van der Waals surface area contributed by atoms with E-state index in [9.17, 15) is 0 Å². The Morgan fingerprint density at radius 2 is 1.86 bits per heavy atom. The summed E-state index contributed by atoms with van der Waals surface area (Å²) in [5.41, 5.74) is 4.26. The highest BCUT2D eigenvalue weighted by Gasteiger charge is 2.31. The Morgan fingerprint density at radius 3 is 2.57 bits per heavy atom. The third kappa shape index (κ3) is 3.38. The van der Waals surface area contributed by atoms with E-state index in [1.807, 2.05) is 0 Å². The fraction of sp³-hybridized carbons (Fsp3) is 0.368. The topological polar surface area (TPSA) is 12.0 Å². The summed E-state index contributed by atoms with van der Waals surface area (Å²) in [6.45, 7) is 4.47.